The number of hydrogen-bond donors (Lipinski definition) is 0. The van der Waals surface area contributed by atoms with Crippen molar-refractivity contribution in [1.29, 1.82) is 0 Å². The van der Waals surface area contributed by atoms with E-state index in [1.807, 2.05) is 0 Å². The van der Waals surface area contributed by atoms with Gasteiger partial charge in [-0.15, -0.1) is 0 Å². The molecule has 0 amide bonds. The summed E-state index contributed by atoms with van der Waals surface area (Å²) < 4.78 is 41.3. The topological polar surface area (TPSA) is 26.0 Å². The number of benzene rings is 1. The zero-order valence-electron chi connectivity index (χ0n) is 8.46. The first-order valence-electron chi connectivity index (χ1n) is 4.71. The lowest BCUT2D eigenvalue weighted by Gasteiger charge is -2.01. The van der Waals surface area contributed by atoms with E-state index in [0.29, 0.717) is 10.6 Å². The molecule has 17 heavy (non-hydrogen) atoms. The second-order valence-corrected chi connectivity index (χ2v) is 3.87. The van der Waals surface area contributed by atoms with Crippen LogP contribution in [-0.4, -0.2) is 11.2 Å². The Morgan fingerprint density at radius 2 is 1.82 bits per heavy atom. The van der Waals surface area contributed by atoms with Crippen molar-refractivity contribution in [1.82, 2.24) is 4.98 Å². The minimum absolute atomic E-state index is 0.154. The molecule has 2 rings (SSSR count). The largest absolute Gasteiger partial charge is 0.441 e. The smallest absolute Gasteiger partial charge is 0.396 e. The standard InChI is InChI=1S/C11H7ClF3NO/c12-8-3-1-7(2-4-8)10-16-6-9(17-10)5-11(13,14)15/h1-4,6H,5H2. The van der Waals surface area contributed by atoms with Gasteiger partial charge in [0.25, 0.3) is 0 Å². The molecule has 6 heteroatoms. The molecule has 0 aliphatic rings. The van der Waals surface area contributed by atoms with Crippen molar-refractivity contribution in [3.05, 3.63) is 41.2 Å². The molecule has 0 unspecified atom stereocenters. The lowest BCUT2D eigenvalue weighted by atomic mass is 10.2. The summed E-state index contributed by atoms with van der Waals surface area (Å²) in [7, 11) is 0. The van der Waals surface area contributed by atoms with Crippen LogP contribution in [-0.2, 0) is 6.42 Å². The molecule has 0 aliphatic carbocycles. The maximum atomic E-state index is 12.1. The van der Waals surface area contributed by atoms with Crippen LogP contribution >= 0.6 is 11.6 Å². The predicted molar refractivity (Wildman–Crippen MR) is 56.7 cm³/mol. The van der Waals surface area contributed by atoms with E-state index in [1.54, 1.807) is 24.3 Å². The molecule has 0 N–H and O–H groups in total. The molecule has 0 spiro atoms. The molecule has 0 atom stereocenters. The summed E-state index contributed by atoms with van der Waals surface area (Å²) in [5, 5.41) is 0.538. The third-order valence-corrected chi connectivity index (χ3v) is 2.27. The van der Waals surface area contributed by atoms with E-state index in [4.69, 9.17) is 16.0 Å². The van der Waals surface area contributed by atoms with Crippen molar-refractivity contribution in [2.75, 3.05) is 0 Å². The molecule has 90 valence electrons. The van der Waals surface area contributed by atoms with E-state index in [9.17, 15) is 13.2 Å². The van der Waals surface area contributed by atoms with Crippen LogP contribution in [0.3, 0.4) is 0 Å². The number of nitrogens with zero attached hydrogens (tertiary/aromatic N) is 1. The monoisotopic (exact) mass is 261 g/mol. The van der Waals surface area contributed by atoms with E-state index in [1.165, 1.54) is 0 Å². The van der Waals surface area contributed by atoms with Gasteiger partial charge in [-0.2, -0.15) is 13.2 Å². The normalized spacial score (nSPS) is 11.8. The summed E-state index contributed by atoms with van der Waals surface area (Å²) in [6.45, 7) is 0. The van der Waals surface area contributed by atoms with Crippen LogP contribution in [0.1, 0.15) is 5.76 Å². The molecule has 1 aromatic heterocycles. The van der Waals surface area contributed by atoms with Crippen LogP contribution in [0.4, 0.5) is 13.2 Å². The summed E-state index contributed by atoms with van der Waals surface area (Å²) in [4.78, 5) is 3.79. The van der Waals surface area contributed by atoms with Crippen molar-refractivity contribution in [3.63, 3.8) is 0 Å². The first-order chi connectivity index (χ1) is 7.94. The molecule has 0 saturated carbocycles. The first-order valence-corrected chi connectivity index (χ1v) is 5.09. The second-order valence-electron chi connectivity index (χ2n) is 3.43. The molecule has 1 heterocycles. The van der Waals surface area contributed by atoms with Crippen molar-refractivity contribution in [2.24, 2.45) is 0 Å². The zero-order valence-corrected chi connectivity index (χ0v) is 9.22. The van der Waals surface area contributed by atoms with E-state index in [0.717, 1.165) is 6.20 Å². The van der Waals surface area contributed by atoms with Gasteiger partial charge in [0, 0.05) is 10.6 Å². The van der Waals surface area contributed by atoms with Crippen molar-refractivity contribution in [2.45, 2.75) is 12.6 Å². The quantitative estimate of drug-likeness (QED) is 0.813. The highest BCUT2D eigenvalue weighted by molar-refractivity contribution is 6.30. The van der Waals surface area contributed by atoms with Gasteiger partial charge in [-0.1, -0.05) is 11.6 Å². The fourth-order valence-electron chi connectivity index (χ4n) is 1.31. The number of rotatable bonds is 2. The third kappa shape index (κ3) is 3.23. The Labute approximate surface area is 100 Å². The summed E-state index contributed by atoms with van der Waals surface area (Å²) in [6, 6.07) is 6.49. The van der Waals surface area contributed by atoms with Gasteiger partial charge in [-0.3, -0.25) is 0 Å². The highest BCUT2D eigenvalue weighted by Crippen LogP contribution is 2.25. The van der Waals surface area contributed by atoms with Gasteiger partial charge in [0.15, 0.2) is 0 Å². The summed E-state index contributed by atoms with van der Waals surface area (Å²) in [5.74, 6) is -0.0524. The molecule has 0 radical (unpaired) electrons. The van der Waals surface area contributed by atoms with E-state index < -0.39 is 12.6 Å². The number of alkyl halides is 3. The number of oxazole rings is 1. The van der Waals surface area contributed by atoms with Crippen LogP contribution in [0, 0.1) is 0 Å². The first kappa shape index (κ1) is 12.0. The fourth-order valence-corrected chi connectivity index (χ4v) is 1.44. The van der Waals surface area contributed by atoms with Crippen molar-refractivity contribution >= 4 is 11.6 Å². The van der Waals surface area contributed by atoms with Crippen molar-refractivity contribution in [3.8, 4) is 11.5 Å². The summed E-state index contributed by atoms with van der Waals surface area (Å²) in [6.07, 6.45) is -4.33. The van der Waals surface area contributed by atoms with Gasteiger partial charge in [-0.05, 0) is 24.3 Å². The zero-order chi connectivity index (χ0) is 12.5. The lowest BCUT2D eigenvalue weighted by molar-refractivity contribution is -0.130. The third-order valence-electron chi connectivity index (χ3n) is 2.02. The average molecular weight is 262 g/mol. The van der Waals surface area contributed by atoms with Gasteiger partial charge in [0.1, 0.15) is 12.2 Å². The van der Waals surface area contributed by atoms with Crippen LogP contribution in [0.2, 0.25) is 5.02 Å². The number of halogens is 4. The minimum Gasteiger partial charge on any atom is -0.441 e. The number of hydrogen-bond acceptors (Lipinski definition) is 2. The lowest BCUT2D eigenvalue weighted by Crippen LogP contribution is -2.10. The highest BCUT2D eigenvalue weighted by Gasteiger charge is 2.29. The maximum Gasteiger partial charge on any atom is 0.396 e. The SMILES string of the molecule is FC(F)(F)Cc1cnc(-c2ccc(Cl)cc2)o1. The maximum absolute atomic E-state index is 12.1. The number of aromatic nitrogens is 1. The van der Waals surface area contributed by atoms with Crippen molar-refractivity contribution < 1.29 is 17.6 Å². The van der Waals surface area contributed by atoms with Crippen LogP contribution in [0.5, 0.6) is 0 Å². The average Bonchev–Trinajstić information content (AvgIpc) is 2.64. The van der Waals surface area contributed by atoms with E-state index in [2.05, 4.69) is 4.98 Å². The minimum atomic E-state index is -4.29. The van der Waals surface area contributed by atoms with E-state index >= 15 is 0 Å². The van der Waals surface area contributed by atoms with Gasteiger partial charge in [-0.25, -0.2) is 4.98 Å². The Kier molecular flexibility index (Phi) is 3.11. The molecule has 0 aliphatic heterocycles. The van der Waals surface area contributed by atoms with Crippen LogP contribution in [0.25, 0.3) is 11.5 Å². The van der Waals surface area contributed by atoms with Gasteiger partial charge >= 0.3 is 6.18 Å². The predicted octanol–water partition coefficient (Wildman–Crippen LogP) is 4.10. The van der Waals surface area contributed by atoms with Crippen LogP contribution < -0.4 is 0 Å². The molecule has 1 aromatic carbocycles. The molecule has 2 aromatic rings. The fraction of sp³-hybridized carbons (Fsp3) is 0.182. The Balaban J connectivity index is 2.21. The molecule has 0 bridgehead atoms. The molecule has 2 nitrogen and oxygen atoms in total. The highest BCUT2D eigenvalue weighted by atomic mass is 35.5. The van der Waals surface area contributed by atoms with E-state index in [-0.39, 0.29) is 11.7 Å². The Bertz CT molecular complexity index is 504. The van der Waals surface area contributed by atoms with Gasteiger partial charge < -0.3 is 4.42 Å². The van der Waals surface area contributed by atoms with Crippen LogP contribution in [0.15, 0.2) is 34.9 Å². The van der Waals surface area contributed by atoms with Gasteiger partial charge in [0.2, 0.25) is 5.89 Å². The summed E-state index contributed by atoms with van der Waals surface area (Å²) >= 11 is 5.69. The Morgan fingerprint density at radius 1 is 1.18 bits per heavy atom. The Morgan fingerprint density at radius 3 is 2.41 bits per heavy atom. The molecular formula is C11H7ClF3NO. The Hall–Kier alpha value is -1.49. The van der Waals surface area contributed by atoms with Gasteiger partial charge in [0.05, 0.1) is 6.20 Å². The summed E-state index contributed by atoms with van der Waals surface area (Å²) in [5.41, 5.74) is 0.586. The molecule has 0 saturated heterocycles. The second kappa shape index (κ2) is 4.41. The molecular weight excluding hydrogens is 255 g/mol. The molecule has 0 fully saturated rings.